The molecule has 16 heavy (non-hydrogen) atoms. The molecule has 0 saturated carbocycles. The second-order valence-electron chi connectivity index (χ2n) is 4.96. The second-order valence-corrected chi connectivity index (χ2v) is 4.96. The first-order valence-corrected chi connectivity index (χ1v) is 7.57. The van der Waals surface area contributed by atoms with Gasteiger partial charge >= 0.3 is 0 Å². The molecule has 0 bridgehead atoms. The lowest BCUT2D eigenvalue weighted by molar-refractivity contribution is 0.226. The molecule has 0 aromatic carbocycles. The lowest BCUT2D eigenvalue weighted by Crippen LogP contribution is -2.30. The van der Waals surface area contributed by atoms with Gasteiger partial charge in [0.05, 0.1) is 0 Å². The Morgan fingerprint density at radius 3 is 1.62 bits per heavy atom. The van der Waals surface area contributed by atoms with Gasteiger partial charge in [0, 0.05) is 0 Å². The Hall–Kier alpha value is -0.0400. The van der Waals surface area contributed by atoms with Crippen molar-refractivity contribution < 1.29 is 0 Å². The van der Waals surface area contributed by atoms with Crippen LogP contribution in [-0.2, 0) is 0 Å². The molecule has 1 nitrogen and oxygen atoms in total. The molecular weight excluding hydrogens is 194 g/mol. The molecule has 98 valence electrons. The molecule has 1 aliphatic heterocycles. The van der Waals surface area contributed by atoms with E-state index in [-0.39, 0.29) is 0 Å². The highest BCUT2D eigenvalue weighted by atomic mass is 15.1. The van der Waals surface area contributed by atoms with Crippen molar-refractivity contribution in [1.82, 2.24) is 4.90 Å². The van der Waals surface area contributed by atoms with E-state index in [4.69, 9.17) is 0 Å². The molecule has 0 amide bonds. The Morgan fingerprint density at radius 1 is 0.688 bits per heavy atom. The third-order valence-corrected chi connectivity index (χ3v) is 3.23. The number of hydrogen-bond acceptors (Lipinski definition) is 1. The van der Waals surface area contributed by atoms with E-state index in [1.54, 1.807) is 0 Å². The van der Waals surface area contributed by atoms with Gasteiger partial charge in [0.2, 0.25) is 0 Å². The molecule has 0 aromatic heterocycles. The van der Waals surface area contributed by atoms with Crippen LogP contribution < -0.4 is 0 Å². The fourth-order valence-electron chi connectivity index (χ4n) is 2.06. The van der Waals surface area contributed by atoms with E-state index in [1.807, 2.05) is 0 Å². The largest absolute Gasteiger partial charge is 0.303 e. The quantitative estimate of drug-likeness (QED) is 0.586. The van der Waals surface area contributed by atoms with Gasteiger partial charge in [-0.25, -0.2) is 0 Å². The van der Waals surface area contributed by atoms with E-state index >= 15 is 0 Å². The average Bonchev–Trinajstić information content (AvgIpc) is 2.36. The normalized spacial score (nSPS) is 16.7. The summed E-state index contributed by atoms with van der Waals surface area (Å²) in [4.78, 5) is 2.60. The lowest BCUT2D eigenvalue weighted by atomic mass is 10.1. The van der Waals surface area contributed by atoms with Gasteiger partial charge in [-0.15, -0.1) is 0 Å². The summed E-state index contributed by atoms with van der Waals surface area (Å²) in [5, 5.41) is 0. The van der Waals surface area contributed by atoms with Crippen LogP contribution in [0.3, 0.4) is 0 Å². The monoisotopic (exact) mass is 227 g/mol. The minimum Gasteiger partial charge on any atom is -0.303 e. The predicted octanol–water partition coefficient (Wildman–Crippen LogP) is 4.86. The van der Waals surface area contributed by atoms with Gasteiger partial charge in [0.15, 0.2) is 0 Å². The smallest absolute Gasteiger partial charge is 0.00187 e. The molecule has 1 fully saturated rings. The SMILES string of the molecule is CCCCCC.CCCCN1CCCCC1. The average molecular weight is 227 g/mol. The Bertz CT molecular complexity index is 113. The zero-order valence-corrected chi connectivity index (χ0v) is 11.9. The first-order valence-electron chi connectivity index (χ1n) is 7.57. The molecule has 1 saturated heterocycles. The third-order valence-electron chi connectivity index (χ3n) is 3.23. The summed E-state index contributed by atoms with van der Waals surface area (Å²) in [6, 6.07) is 0. The van der Waals surface area contributed by atoms with Crippen molar-refractivity contribution in [2.24, 2.45) is 0 Å². The molecule has 1 heteroatoms. The van der Waals surface area contributed by atoms with Crippen LogP contribution in [-0.4, -0.2) is 24.5 Å². The fourth-order valence-corrected chi connectivity index (χ4v) is 2.06. The van der Waals surface area contributed by atoms with Crippen molar-refractivity contribution in [3.63, 3.8) is 0 Å². The Balaban J connectivity index is 0.000000325. The van der Waals surface area contributed by atoms with E-state index in [1.165, 1.54) is 77.4 Å². The van der Waals surface area contributed by atoms with Crippen LogP contribution in [0.15, 0.2) is 0 Å². The topological polar surface area (TPSA) is 3.24 Å². The maximum Gasteiger partial charge on any atom is -0.00187 e. The number of unbranched alkanes of at least 4 members (excludes halogenated alkanes) is 4. The maximum absolute atomic E-state index is 2.60. The minimum absolute atomic E-state index is 1.34. The summed E-state index contributed by atoms with van der Waals surface area (Å²) in [6.45, 7) is 10.8. The summed E-state index contributed by atoms with van der Waals surface area (Å²) in [7, 11) is 0. The standard InChI is InChI=1S/C9H19N.C6H14/c1-2-3-7-10-8-5-4-6-9-10;1-3-5-6-4-2/h2-9H2,1H3;3-6H2,1-2H3. The van der Waals surface area contributed by atoms with Crippen LogP contribution in [0.2, 0.25) is 0 Å². The van der Waals surface area contributed by atoms with Crippen LogP contribution >= 0.6 is 0 Å². The molecule has 0 unspecified atom stereocenters. The van der Waals surface area contributed by atoms with Gasteiger partial charge in [0.25, 0.3) is 0 Å². The highest BCUT2D eigenvalue weighted by Crippen LogP contribution is 2.08. The highest BCUT2D eigenvalue weighted by molar-refractivity contribution is 4.63. The van der Waals surface area contributed by atoms with Crippen LogP contribution in [0.1, 0.15) is 78.6 Å². The highest BCUT2D eigenvalue weighted by Gasteiger charge is 2.07. The molecule has 0 aromatic rings. The van der Waals surface area contributed by atoms with Crippen molar-refractivity contribution in [1.29, 1.82) is 0 Å². The maximum atomic E-state index is 2.60. The first kappa shape index (κ1) is 16.0. The first-order chi connectivity index (χ1) is 7.85. The van der Waals surface area contributed by atoms with Crippen LogP contribution in [0.4, 0.5) is 0 Å². The molecule has 0 N–H and O–H groups in total. The molecule has 1 heterocycles. The van der Waals surface area contributed by atoms with Gasteiger partial charge in [-0.05, 0) is 38.9 Å². The molecular formula is C15H33N. The van der Waals surface area contributed by atoms with Crippen molar-refractivity contribution in [2.45, 2.75) is 78.6 Å². The summed E-state index contributed by atoms with van der Waals surface area (Å²) in [6.07, 6.45) is 12.6. The molecule has 0 radical (unpaired) electrons. The third kappa shape index (κ3) is 10.5. The molecule has 0 spiro atoms. The van der Waals surface area contributed by atoms with E-state index in [2.05, 4.69) is 25.7 Å². The Morgan fingerprint density at radius 2 is 1.19 bits per heavy atom. The molecule has 1 rings (SSSR count). The second kappa shape index (κ2) is 13.0. The van der Waals surface area contributed by atoms with Crippen LogP contribution in [0.25, 0.3) is 0 Å². The van der Waals surface area contributed by atoms with E-state index in [0.29, 0.717) is 0 Å². The van der Waals surface area contributed by atoms with Gasteiger partial charge in [-0.3, -0.25) is 0 Å². The lowest BCUT2D eigenvalue weighted by Gasteiger charge is -2.25. The number of nitrogens with zero attached hydrogens (tertiary/aromatic N) is 1. The van der Waals surface area contributed by atoms with Gasteiger partial charge < -0.3 is 4.90 Å². The Kier molecular flexibility index (Phi) is 13.0. The van der Waals surface area contributed by atoms with Gasteiger partial charge in [-0.1, -0.05) is 59.3 Å². The number of rotatable bonds is 6. The summed E-state index contributed by atoms with van der Waals surface area (Å²) in [5.41, 5.74) is 0. The van der Waals surface area contributed by atoms with E-state index in [9.17, 15) is 0 Å². The van der Waals surface area contributed by atoms with Crippen molar-refractivity contribution in [3.05, 3.63) is 0 Å². The van der Waals surface area contributed by atoms with E-state index < -0.39 is 0 Å². The van der Waals surface area contributed by atoms with Crippen LogP contribution in [0, 0.1) is 0 Å². The van der Waals surface area contributed by atoms with Crippen molar-refractivity contribution >= 4 is 0 Å². The minimum atomic E-state index is 1.34. The van der Waals surface area contributed by atoms with E-state index in [0.717, 1.165) is 0 Å². The summed E-state index contributed by atoms with van der Waals surface area (Å²) < 4.78 is 0. The molecule has 0 aliphatic carbocycles. The molecule has 1 aliphatic rings. The van der Waals surface area contributed by atoms with Crippen molar-refractivity contribution in [3.8, 4) is 0 Å². The fraction of sp³-hybridized carbons (Fsp3) is 1.00. The zero-order valence-electron chi connectivity index (χ0n) is 11.9. The number of likely N-dealkylation sites (tertiary alicyclic amines) is 1. The summed E-state index contributed by atoms with van der Waals surface area (Å²) >= 11 is 0. The van der Waals surface area contributed by atoms with Gasteiger partial charge in [-0.2, -0.15) is 0 Å². The Labute approximate surface area is 104 Å². The predicted molar refractivity (Wildman–Crippen MR) is 75.0 cm³/mol. The van der Waals surface area contributed by atoms with Crippen molar-refractivity contribution in [2.75, 3.05) is 19.6 Å². The summed E-state index contributed by atoms with van der Waals surface area (Å²) in [5.74, 6) is 0. The molecule has 0 atom stereocenters. The zero-order chi connectivity index (χ0) is 12.1. The van der Waals surface area contributed by atoms with Crippen LogP contribution in [0.5, 0.6) is 0 Å². The van der Waals surface area contributed by atoms with Gasteiger partial charge in [0.1, 0.15) is 0 Å². The number of piperidine rings is 1. The number of hydrogen-bond donors (Lipinski definition) is 0.